The van der Waals surface area contributed by atoms with Crippen molar-refractivity contribution < 1.29 is 4.74 Å². The summed E-state index contributed by atoms with van der Waals surface area (Å²) in [4.78, 5) is 11.0. The minimum atomic E-state index is 0.332. The Morgan fingerprint density at radius 1 is 1.42 bits per heavy atom. The van der Waals surface area contributed by atoms with Gasteiger partial charge >= 0.3 is 0 Å². The lowest BCUT2D eigenvalue weighted by Crippen LogP contribution is -2.39. The average Bonchev–Trinajstić information content (AvgIpc) is 2.48. The van der Waals surface area contributed by atoms with Gasteiger partial charge in [0.25, 0.3) is 0 Å². The summed E-state index contributed by atoms with van der Waals surface area (Å²) in [5.74, 6) is 0. The zero-order chi connectivity index (χ0) is 13.5. The van der Waals surface area contributed by atoms with E-state index in [1.807, 2.05) is 6.20 Å². The summed E-state index contributed by atoms with van der Waals surface area (Å²) >= 11 is 0. The Morgan fingerprint density at radius 3 is 2.84 bits per heavy atom. The Hall–Kier alpha value is -1.04. The highest BCUT2D eigenvalue weighted by molar-refractivity contribution is 5.01. The van der Waals surface area contributed by atoms with Gasteiger partial charge in [-0.2, -0.15) is 0 Å². The van der Waals surface area contributed by atoms with E-state index in [0.29, 0.717) is 18.7 Å². The average molecular weight is 264 g/mol. The van der Waals surface area contributed by atoms with E-state index in [0.717, 1.165) is 44.7 Å². The molecule has 19 heavy (non-hydrogen) atoms. The number of hydrogen-bond acceptors (Lipinski definition) is 5. The lowest BCUT2D eigenvalue weighted by molar-refractivity contribution is -0.00115. The van der Waals surface area contributed by atoms with Crippen LogP contribution in [-0.4, -0.2) is 47.2 Å². The molecule has 0 radical (unpaired) electrons. The molecule has 0 bridgehead atoms. The van der Waals surface area contributed by atoms with Crippen LogP contribution in [-0.2, 0) is 4.74 Å². The smallest absolute Gasteiger partial charge is 0.0755 e. The molecule has 1 saturated heterocycles. The first-order valence-electron chi connectivity index (χ1n) is 7.13. The van der Waals surface area contributed by atoms with Crippen LogP contribution in [0.5, 0.6) is 0 Å². The number of rotatable bonds is 6. The van der Waals surface area contributed by atoms with Crippen LogP contribution in [0, 0.1) is 0 Å². The van der Waals surface area contributed by atoms with Gasteiger partial charge < -0.3 is 10.5 Å². The van der Waals surface area contributed by atoms with Crippen LogP contribution in [0.25, 0.3) is 0 Å². The van der Waals surface area contributed by atoms with Gasteiger partial charge in [-0.1, -0.05) is 0 Å². The van der Waals surface area contributed by atoms with Crippen LogP contribution in [0.15, 0.2) is 18.6 Å². The molecule has 1 unspecified atom stereocenters. The Morgan fingerprint density at radius 2 is 2.21 bits per heavy atom. The molecule has 1 fully saturated rings. The zero-order valence-corrected chi connectivity index (χ0v) is 11.7. The molecule has 106 valence electrons. The molecule has 1 aliphatic rings. The summed E-state index contributed by atoms with van der Waals surface area (Å²) in [6, 6.07) is 0.332. The molecule has 1 aromatic heterocycles. The molecule has 0 amide bonds. The summed E-state index contributed by atoms with van der Waals surface area (Å²) in [5.41, 5.74) is 6.52. The second-order valence-electron chi connectivity index (χ2n) is 5.05. The highest BCUT2D eigenvalue weighted by Gasteiger charge is 2.24. The predicted molar refractivity (Wildman–Crippen MR) is 74.7 cm³/mol. The predicted octanol–water partition coefficient (Wildman–Crippen LogP) is 1.37. The topological polar surface area (TPSA) is 64.3 Å². The van der Waals surface area contributed by atoms with Crippen LogP contribution in [0.2, 0.25) is 0 Å². The van der Waals surface area contributed by atoms with Crippen LogP contribution >= 0.6 is 0 Å². The molecule has 5 nitrogen and oxygen atoms in total. The maximum absolute atomic E-state index is 5.82. The van der Waals surface area contributed by atoms with E-state index >= 15 is 0 Å². The van der Waals surface area contributed by atoms with Crippen molar-refractivity contribution in [1.82, 2.24) is 14.9 Å². The van der Waals surface area contributed by atoms with E-state index in [1.165, 1.54) is 0 Å². The third kappa shape index (κ3) is 4.23. The standard InChI is InChI=1S/C14H24N4O/c1-12(14-11-16-6-7-17-14)18-8-3-13(4-9-18)19-10-2-5-15/h6-7,11-13H,2-5,8-10,15H2,1H3. The Kier molecular flexibility index (Phi) is 5.69. The van der Waals surface area contributed by atoms with Crippen molar-refractivity contribution in [1.29, 1.82) is 0 Å². The number of hydrogen-bond donors (Lipinski definition) is 1. The van der Waals surface area contributed by atoms with E-state index in [4.69, 9.17) is 10.5 Å². The number of likely N-dealkylation sites (tertiary alicyclic amines) is 1. The number of piperidine rings is 1. The van der Waals surface area contributed by atoms with Gasteiger partial charge in [0.05, 0.1) is 17.8 Å². The van der Waals surface area contributed by atoms with Crippen LogP contribution in [0.3, 0.4) is 0 Å². The van der Waals surface area contributed by atoms with Crippen LogP contribution in [0.1, 0.15) is 37.9 Å². The number of ether oxygens (including phenoxy) is 1. The van der Waals surface area contributed by atoms with Gasteiger partial charge in [-0.25, -0.2) is 0 Å². The summed E-state index contributed by atoms with van der Waals surface area (Å²) in [5, 5.41) is 0. The minimum absolute atomic E-state index is 0.332. The van der Waals surface area contributed by atoms with Crippen molar-refractivity contribution in [2.45, 2.75) is 38.3 Å². The molecule has 2 N–H and O–H groups in total. The van der Waals surface area contributed by atoms with Gasteiger partial charge in [-0.15, -0.1) is 0 Å². The maximum Gasteiger partial charge on any atom is 0.0755 e. The quantitative estimate of drug-likeness (QED) is 0.786. The molecular weight excluding hydrogens is 240 g/mol. The van der Waals surface area contributed by atoms with Gasteiger partial charge in [-0.05, 0) is 32.7 Å². The molecule has 2 heterocycles. The molecule has 1 atom stereocenters. The molecule has 1 aromatic rings. The van der Waals surface area contributed by atoms with Crippen LogP contribution in [0.4, 0.5) is 0 Å². The summed E-state index contributed by atoms with van der Waals surface area (Å²) < 4.78 is 5.82. The molecule has 1 aliphatic heterocycles. The van der Waals surface area contributed by atoms with E-state index in [1.54, 1.807) is 12.4 Å². The van der Waals surface area contributed by atoms with Crippen molar-refractivity contribution in [3.63, 3.8) is 0 Å². The van der Waals surface area contributed by atoms with E-state index in [2.05, 4.69) is 21.8 Å². The van der Waals surface area contributed by atoms with Crippen molar-refractivity contribution in [3.05, 3.63) is 24.3 Å². The van der Waals surface area contributed by atoms with Gasteiger partial charge in [0.15, 0.2) is 0 Å². The van der Waals surface area contributed by atoms with Gasteiger partial charge in [0.1, 0.15) is 0 Å². The fourth-order valence-electron chi connectivity index (χ4n) is 2.48. The summed E-state index contributed by atoms with van der Waals surface area (Å²) in [6.45, 7) is 5.82. The summed E-state index contributed by atoms with van der Waals surface area (Å²) in [7, 11) is 0. The van der Waals surface area contributed by atoms with Gasteiger partial charge in [0.2, 0.25) is 0 Å². The Bertz CT molecular complexity index is 352. The fourth-order valence-corrected chi connectivity index (χ4v) is 2.48. The molecule has 5 heteroatoms. The van der Waals surface area contributed by atoms with Crippen molar-refractivity contribution >= 4 is 0 Å². The lowest BCUT2D eigenvalue weighted by atomic mass is 10.0. The molecule has 0 saturated carbocycles. The normalized spacial score (nSPS) is 19.5. The number of nitrogens with two attached hydrogens (primary N) is 1. The minimum Gasteiger partial charge on any atom is -0.378 e. The van der Waals surface area contributed by atoms with Crippen molar-refractivity contribution in [2.75, 3.05) is 26.2 Å². The second kappa shape index (κ2) is 7.53. The third-order valence-corrected chi connectivity index (χ3v) is 3.74. The monoisotopic (exact) mass is 264 g/mol. The first-order valence-corrected chi connectivity index (χ1v) is 7.13. The number of nitrogens with zero attached hydrogens (tertiary/aromatic N) is 3. The van der Waals surface area contributed by atoms with Gasteiger partial charge in [0, 0.05) is 38.3 Å². The van der Waals surface area contributed by atoms with Crippen LogP contribution < -0.4 is 5.73 Å². The highest BCUT2D eigenvalue weighted by Crippen LogP contribution is 2.23. The molecule has 0 aromatic carbocycles. The second-order valence-corrected chi connectivity index (χ2v) is 5.05. The van der Waals surface area contributed by atoms with Crippen molar-refractivity contribution in [2.24, 2.45) is 5.73 Å². The summed E-state index contributed by atoms with van der Waals surface area (Å²) in [6.07, 6.45) is 8.87. The molecule has 0 aliphatic carbocycles. The first-order chi connectivity index (χ1) is 9.31. The van der Waals surface area contributed by atoms with E-state index in [9.17, 15) is 0 Å². The zero-order valence-electron chi connectivity index (χ0n) is 11.7. The largest absolute Gasteiger partial charge is 0.378 e. The van der Waals surface area contributed by atoms with E-state index in [-0.39, 0.29) is 0 Å². The maximum atomic E-state index is 5.82. The van der Waals surface area contributed by atoms with E-state index < -0.39 is 0 Å². The third-order valence-electron chi connectivity index (χ3n) is 3.74. The lowest BCUT2D eigenvalue weighted by Gasteiger charge is -2.35. The SMILES string of the molecule is CC(c1cnccn1)N1CCC(OCCCN)CC1. The van der Waals surface area contributed by atoms with Crippen molar-refractivity contribution in [3.8, 4) is 0 Å². The Balaban J connectivity index is 1.77. The molecule has 2 rings (SSSR count). The Labute approximate surface area is 115 Å². The highest BCUT2D eigenvalue weighted by atomic mass is 16.5. The fraction of sp³-hybridized carbons (Fsp3) is 0.714. The number of aromatic nitrogens is 2. The molecular formula is C14H24N4O. The molecule has 0 spiro atoms. The first kappa shape index (κ1) is 14.4. The van der Waals surface area contributed by atoms with Gasteiger partial charge in [-0.3, -0.25) is 14.9 Å².